The smallest absolute Gasteiger partial charge is 0.315 e. The van der Waals surface area contributed by atoms with Crippen molar-refractivity contribution in [2.75, 3.05) is 0 Å². The lowest BCUT2D eigenvalue weighted by Gasteiger charge is -2.15. The van der Waals surface area contributed by atoms with E-state index in [0.717, 1.165) is 22.2 Å². The van der Waals surface area contributed by atoms with E-state index in [1.807, 2.05) is 18.4 Å². The van der Waals surface area contributed by atoms with Crippen molar-refractivity contribution >= 4 is 39.3 Å². The Hall–Kier alpha value is -1.08. The van der Waals surface area contributed by atoms with Crippen molar-refractivity contribution in [1.82, 2.24) is 10.6 Å². The van der Waals surface area contributed by atoms with Crippen LogP contribution in [-0.2, 0) is 11.3 Å². The zero-order valence-corrected chi connectivity index (χ0v) is 14.6. The van der Waals surface area contributed by atoms with Crippen molar-refractivity contribution in [2.24, 2.45) is 5.92 Å². The number of nitrogens with one attached hydrogen (secondary N) is 2. The van der Waals surface area contributed by atoms with Crippen molar-refractivity contribution in [1.29, 1.82) is 0 Å². The number of carbonyl (C=O) groups excluding carboxylic acids is 1. The Balaban J connectivity index is 2.17. The van der Waals surface area contributed by atoms with Crippen LogP contribution in [0.15, 0.2) is 15.9 Å². The van der Waals surface area contributed by atoms with Crippen LogP contribution in [0, 0.1) is 5.92 Å². The standard InChI is InChI=1S/C14H21BrN2O3S/c1-9(13(18)19)4-3-5-10(2)17-14(20)16-7-12-6-11(15)8-21-12/h6,8-10H,3-5,7H2,1-2H3,(H,18,19)(H2,16,17,20). The number of rotatable bonds is 8. The van der Waals surface area contributed by atoms with Crippen LogP contribution in [0.25, 0.3) is 0 Å². The molecule has 1 heterocycles. The number of carbonyl (C=O) groups is 2. The highest BCUT2D eigenvalue weighted by Gasteiger charge is 2.12. The molecule has 0 aromatic carbocycles. The molecule has 1 rings (SSSR count). The molecule has 0 saturated heterocycles. The quantitative estimate of drug-likeness (QED) is 0.648. The van der Waals surface area contributed by atoms with E-state index in [0.29, 0.717) is 13.0 Å². The molecule has 0 radical (unpaired) electrons. The van der Waals surface area contributed by atoms with Crippen LogP contribution in [0.5, 0.6) is 0 Å². The van der Waals surface area contributed by atoms with Gasteiger partial charge in [0.05, 0.1) is 12.5 Å². The fourth-order valence-corrected chi connectivity index (χ4v) is 3.21. The lowest BCUT2D eigenvalue weighted by atomic mass is 10.0. The van der Waals surface area contributed by atoms with Crippen molar-refractivity contribution < 1.29 is 14.7 Å². The minimum absolute atomic E-state index is 0.0288. The zero-order chi connectivity index (χ0) is 15.8. The Morgan fingerprint density at radius 2 is 2.10 bits per heavy atom. The molecule has 0 spiro atoms. The second kappa shape index (κ2) is 9.04. The summed E-state index contributed by atoms with van der Waals surface area (Å²) in [5.41, 5.74) is 0. The molecule has 1 aromatic heterocycles. The predicted molar refractivity (Wildman–Crippen MR) is 87.5 cm³/mol. The Labute approximate surface area is 137 Å². The van der Waals surface area contributed by atoms with Gasteiger partial charge in [0.25, 0.3) is 0 Å². The number of aliphatic carboxylic acids is 1. The minimum atomic E-state index is -0.768. The highest BCUT2D eigenvalue weighted by atomic mass is 79.9. The summed E-state index contributed by atoms with van der Waals surface area (Å²) in [6.07, 6.45) is 2.19. The number of thiophene rings is 1. The molecule has 21 heavy (non-hydrogen) atoms. The van der Waals surface area contributed by atoms with Crippen LogP contribution in [-0.4, -0.2) is 23.1 Å². The lowest BCUT2D eigenvalue weighted by Crippen LogP contribution is -2.40. The first-order valence-corrected chi connectivity index (χ1v) is 8.55. The second-order valence-electron chi connectivity index (χ2n) is 5.13. The first-order chi connectivity index (χ1) is 9.88. The van der Waals surface area contributed by atoms with Crippen LogP contribution in [0.2, 0.25) is 0 Å². The Bertz CT molecular complexity index is 479. The zero-order valence-electron chi connectivity index (χ0n) is 12.2. The molecule has 2 unspecified atom stereocenters. The topological polar surface area (TPSA) is 78.4 Å². The van der Waals surface area contributed by atoms with Gasteiger partial charge in [-0.25, -0.2) is 4.79 Å². The Morgan fingerprint density at radius 1 is 1.38 bits per heavy atom. The molecule has 2 amide bonds. The molecular weight excluding hydrogens is 356 g/mol. The molecule has 2 atom stereocenters. The molecule has 118 valence electrons. The van der Waals surface area contributed by atoms with E-state index in [1.54, 1.807) is 18.3 Å². The van der Waals surface area contributed by atoms with Crippen molar-refractivity contribution in [3.63, 3.8) is 0 Å². The summed E-state index contributed by atoms with van der Waals surface area (Å²) in [6, 6.07) is 1.81. The van der Waals surface area contributed by atoms with Crippen LogP contribution < -0.4 is 10.6 Å². The van der Waals surface area contributed by atoms with E-state index >= 15 is 0 Å². The van der Waals surface area contributed by atoms with Crippen molar-refractivity contribution in [3.05, 3.63) is 20.8 Å². The third-order valence-corrected chi connectivity index (χ3v) is 4.82. The van der Waals surface area contributed by atoms with Gasteiger partial charge < -0.3 is 15.7 Å². The summed E-state index contributed by atoms with van der Waals surface area (Å²) in [7, 11) is 0. The van der Waals surface area contributed by atoms with Crippen molar-refractivity contribution in [3.8, 4) is 0 Å². The first kappa shape index (κ1) is 18.0. The maximum absolute atomic E-state index is 11.7. The molecule has 0 fully saturated rings. The molecule has 0 saturated carbocycles. The van der Waals surface area contributed by atoms with E-state index in [-0.39, 0.29) is 18.0 Å². The van der Waals surface area contributed by atoms with Gasteiger partial charge in [-0.3, -0.25) is 4.79 Å². The number of hydrogen-bond donors (Lipinski definition) is 3. The largest absolute Gasteiger partial charge is 0.481 e. The summed E-state index contributed by atoms with van der Waals surface area (Å²) < 4.78 is 1.02. The Morgan fingerprint density at radius 3 is 2.67 bits per heavy atom. The average Bonchev–Trinajstić information content (AvgIpc) is 2.82. The van der Waals surface area contributed by atoms with Gasteiger partial charge in [-0.15, -0.1) is 11.3 Å². The second-order valence-corrected chi connectivity index (χ2v) is 7.04. The van der Waals surface area contributed by atoms with E-state index < -0.39 is 5.97 Å². The van der Waals surface area contributed by atoms with Gasteiger partial charge in [-0.05, 0) is 41.8 Å². The van der Waals surface area contributed by atoms with Gasteiger partial charge in [-0.2, -0.15) is 0 Å². The summed E-state index contributed by atoms with van der Waals surface area (Å²) in [6.45, 7) is 4.13. The molecule has 7 heteroatoms. The van der Waals surface area contributed by atoms with Gasteiger partial charge in [0.2, 0.25) is 0 Å². The van der Waals surface area contributed by atoms with Crippen LogP contribution >= 0.6 is 27.3 Å². The molecule has 0 aliphatic heterocycles. The Kier molecular flexibility index (Phi) is 7.74. The van der Waals surface area contributed by atoms with Crippen molar-refractivity contribution in [2.45, 2.75) is 45.7 Å². The number of halogens is 1. The number of hydrogen-bond acceptors (Lipinski definition) is 3. The molecular formula is C14H21BrN2O3S. The van der Waals surface area contributed by atoms with Crippen LogP contribution in [0.3, 0.4) is 0 Å². The third kappa shape index (κ3) is 7.47. The maximum atomic E-state index is 11.7. The summed E-state index contributed by atoms with van der Waals surface area (Å²) in [5, 5.41) is 16.4. The molecule has 5 nitrogen and oxygen atoms in total. The normalized spacial score (nSPS) is 13.5. The van der Waals surface area contributed by atoms with Gasteiger partial charge in [0, 0.05) is 20.8 Å². The molecule has 0 aliphatic carbocycles. The van der Waals surface area contributed by atoms with Gasteiger partial charge >= 0.3 is 12.0 Å². The fourth-order valence-electron chi connectivity index (χ4n) is 1.81. The molecule has 1 aromatic rings. The number of amides is 2. The number of carboxylic acid groups (broad SMARTS) is 1. The maximum Gasteiger partial charge on any atom is 0.315 e. The third-order valence-electron chi connectivity index (χ3n) is 3.12. The van der Waals surface area contributed by atoms with E-state index in [2.05, 4.69) is 26.6 Å². The summed E-state index contributed by atoms with van der Waals surface area (Å²) in [5.74, 6) is -1.10. The monoisotopic (exact) mass is 376 g/mol. The van der Waals surface area contributed by atoms with Crippen LogP contribution in [0.1, 0.15) is 38.0 Å². The van der Waals surface area contributed by atoms with E-state index in [4.69, 9.17) is 5.11 Å². The number of urea groups is 1. The SMILES string of the molecule is CC(CCCC(C)C(=O)O)NC(=O)NCc1cc(Br)cs1. The highest BCUT2D eigenvalue weighted by Crippen LogP contribution is 2.19. The van der Waals surface area contributed by atoms with Gasteiger partial charge in [0.1, 0.15) is 0 Å². The van der Waals surface area contributed by atoms with Gasteiger partial charge in [-0.1, -0.05) is 13.3 Å². The molecule has 0 bridgehead atoms. The minimum Gasteiger partial charge on any atom is -0.481 e. The lowest BCUT2D eigenvalue weighted by molar-refractivity contribution is -0.141. The molecule has 0 aliphatic rings. The average molecular weight is 377 g/mol. The first-order valence-electron chi connectivity index (χ1n) is 6.88. The van der Waals surface area contributed by atoms with Gasteiger partial charge in [0.15, 0.2) is 0 Å². The highest BCUT2D eigenvalue weighted by molar-refractivity contribution is 9.10. The van der Waals surface area contributed by atoms with E-state index in [9.17, 15) is 9.59 Å². The fraction of sp³-hybridized carbons (Fsp3) is 0.571. The molecule has 3 N–H and O–H groups in total. The predicted octanol–water partition coefficient (Wildman–Crippen LogP) is 3.59. The summed E-state index contributed by atoms with van der Waals surface area (Å²) in [4.78, 5) is 23.5. The van der Waals surface area contributed by atoms with E-state index in [1.165, 1.54) is 0 Å². The summed E-state index contributed by atoms with van der Waals surface area (Å²) >= 11 is 4.96. The number of carboxylic acids is 1. The van der Waals surface area contributed by atoms with Crippen LogP contribution in [0.4, 0.5) is 4.79 Å².